The van der Waals surface area contributed by atoms with Crippen molar-refractivity contribution < 1.29 is 103 Å². The van der Waals surface area contributed by atoms with E-state index in [1.165, 1.54) is 0 Å². The van der Waals surface area contributed by atoms with Crippen LogP contribution in [0.1, 0.15) is 0 Å². The average Bonchev–Trinajstić information content (AvgIpc) is 1.70. The zero-order chi connectivity index (χ0) is 8.12. The summed E-state index contributed by atoms with van der Waals surface area (Å²) in [5, 5.41) is 20.3. The molecule has 0 aromatic rings. The predicted molar refractivity (Wildman–Crippen MR) is 27.2 cm³/mol. The van der Waals surface area contributed by atoms with Crippen LogP contribution in [0, 0.1) is 0 Å². The Morgan fingerprint density at radius 3 is 0.583 bits per heavy atom. The van der Waals surface area contributed by atoms with Crippen molar-refractivity contribution in [2.45, 2.75) is 0 Å². The number of rotatable bonds is 0. The summed E-state index contributed by atoms with van der Waals surface area (Å²) in [6, 6.07) is 0. The molecule has 12 heavy (non-hydrogen) atoms. The third-order valence-corrected chi connectivity index (χ3v) is 0. The van der Waals surface area contributed by atoms with Crippen LogP contribution in [-0.2, 0) is 14.4 Å². The fraction of sp³-hybridized carbons (Fsp3) is 0. The normalized spacial score (nSPS) is 2.00. The van der Waals surface area contributed by atoms with E-state index >= 15 is 0 Å². The van der Waals surface area contributed by atoms with Gasteiger partial charge in [-0.05, 0) is 18.2 Å². The summed E-state index contributed by atoms with van der Waals surface area (Å²) >= 11 is 0. The van der Waals surface area contributed by atoms with Gasteiger partial charge in [0.05, 0.1) is 0 Å². The van der Waals surface area contributed by atoms with Gasteiger partial charge in [0.1, 0.15) is 0 Å². The van der Waals surface area contributed by atoms with E-state index in [4.69, 9.17) is 30.6 Å². The molecule has 9 heteroatoms. The maximum atomic E-state index is 8.24. The molecule has 0 aromatic carbocycles. The van der Waals surface area contributed by atoms with E-state index in [-0.39, 0.29) is 88.7 Å². The topological polar surface area (TPSA) is 118 Å². The van der Waals surface area contributed by atoms with Gasteiger partial charge in [0.15, 0.2) is 0 Å². The van der Waals surface area contributed by atoms with Gasteiger partial charge in [0.2, 0.25) is 0 Å². The van der Waals surface area contributed by atoms with Crippen LogP contribution in [0.5, 0.6) is 0 Å². The van der Waals surface area contributed by atoms with Gasteiger partial charge in [-0.15, -0.1) is 0 Å². The summed E-state index contributed by atoms with van der Waals surface area (Å²) in [4.78, 5) is 24.7. The average molecular weight is 195 g/mol. The van der Waals surface area contributed by atoms with Crippen LogP contribution in [0.25, 0.3) is 16.2 Å². The second-order valence-corrected chi connectivity index (χ2v) is 0.274. The molecule has 0 rings (SSSR count). The summed E-state index contributed by atoms with van der Waals surface area (Å²) < 4.78 is 0. The van der Waals surface area contributed by atoms with Crippen LogP contribution in [0.3, 0.4) is 0 Å². The summed E-state index contributed by atoms with van der Waals surface area (Å²) in [7, 11) is 0. The summed E-state index contributed by atoms with van der Waals surface area (Å²) in [5.41, 5.74) is 0. The Morgan fingerprint density at radius 1 is 0.583 bits per heavy atom. The Labute approximate surface area is 135 Å². The van der Waals surface area contributed by atoms with Crippen molar-refractivity contribution in [2.75, 3.05) is 0 Å². The zero-order valence-corrected chi connectivity index (χ0v) is 13.1. The molecule has 0 saturated heterocycles. The molecular formula is C3N3Na3O3. The quantitative estimate of drug-likeness (QED) is 0.217. The van der Waals surface area contributed by atoms with Crippen molar-refractivity contribution in [3.63, 3.8) is 0 Å². The van der Waals surface area contributed by atoms with Crippen molar-refractivity contribution in [1.82, 2.24) is 0 Å². The summed E-state index contributed by atoms with van der Waals surface area (Å²) in [5.74, 6) is 0. The molecule has 0 aliphatic carbocycles. The summed E-state index contributed by atoms with van der Waals surface area (Å²) in [6.07, 6.45) is 1.50. The molecule has 0 saturated carbocycles. The summed E-state index contributed by atoms with van der Waals surface area (Å²) in [6.45, 7) is 0. The smallest absolute Gasteiger partial charge is 0.724 e. The Hall–Kier alpha value is 1.14. The third-order valence-electron chi connectivity index (χ3n) is 0. The molecular weight excluding hydrogens is 195 g/mol. The maximum Gasteiger partial charge on any atom is 1.00 e. The molecule has 6 nitrogen and oxygen atoms in total. The Bertz CT molecular complexity index is 116. The molecule has 0 spiro atoms. The minimum atomic E-state index is 0. The molecule has 0 atom stereocenters. The molecule has 0 amide bonds. The van der Waals surface area contributed by atoms with Crippen LogP contribution in [0.4, 0.5) is 0 Å². The van der Waals surface area contributed by atoms with Gasteiger partial charge < -0.3 is 16.2 Å². The molecule has 0 N–H and O–H groups in total. The van der Waals surface area contributed by atoms with Gasteiger partial charge in [-0.1, -0.05) is 0 Å². The number of nitrogens with zero attached hydrogens (tertiary/aromatic N) is 3. The van der Waals surface area contributed by atoms with E-state index in [0.29, 0.717) is 18.2 Å². The van der Waals surface area contributed by atoms with Crippen LogP contribution >= 0.6 is 0 Å². The minimum Gasteiger partial charge on any atom is -0.724 e. The van der Waals surface area contributed by atoms with E-state index < -0.39 is 0 Å². The van der Waals surface area contributed by atoms with E-state index in [2.05, 4.69) is 0 Å². The van der Waals surface area contributed by atoms with Gasteiger partial charge in [-0.25, -0.2) is 0 Å². The molecule has 0 bridgehead atoms. The number of isocyanates is 3. The second-order valence-electron chi connectivity index (χ2n) is 0.274. The first-order valence-corrected chi connectivity index (χ1v) is 1.28. The van der Waals surface area contributed by atoms with E-state index in [9.17, 15) is 0 Å². The van der Waals surface area contributed by atoms with Gasteiger partial charge in [0, 0.05) is 0 Å². The Balaban J connectivity index is -0.00000001000. The van der Waals surface area contributed by atoms with Crippen molar-refractivity contribution in [3.05, 3.63) is 16.2 Å². The molecule has 0 unspecified atom stereocenters. The molecule has 0 aromatic heterocycles. The van der Waals surface area contributed by atoms with Gasteiger partial charge in [-0.3, -0.25) is 14.4 Å². The number of carbonyl (C=O) groups excluding carboxylic acids is 3. The molecule has 48 valence electrons. The van der Waals surface area contributed by atoms with Gasteiger partial charge in [-0.2, -0.15) is 0 Å². The molecule has 0 aliphatic rings. The van der Waals surface area contributed by atoms with E-state index in [1.54, 1.807) is 0 Å². The van der Waals surface area contributed by atoms with Crippen molar-refractivity contribution in [1.29, 1.82) is 0 Å². The van der Waals surface area contributed by atoms with Crippen molar-refractivity contribution in [2.24, 2.45) is 0 Å². The molecule has 0 fully saturated rings. The van der Waals surface area contributed by atoms with Crippen LogP contribution in [-0.4, -0.2) is 18.2 Å². The van der Waals surface area contributed by atoms with E-state index in [1.807, 2.05) is 0 Å². The largest absolute Gasteiger partial charge is 1.00 e. The molecule has 0 heterocycles. The Kier molecular flexibility index (Phi) is 278. The number of hydrogen-bond donors (Lipinski definition) is 0. The van der Waals surface area contributed by atoms with Gasteiger partial charge in [0.25, 0.3) is 0 Å². The Morgan fingerprint density at radius 2 is 0.583 bits per heavy atom. The first kappa shape index (κ1) is 38.0. The van der Waals surface area contributed by atoms with Crippen LogP contribution < -0.4 is 88.7 Å². The predicted octanol–water partition coefficient (Wildman–Crippen LogP) is -9.31. The minimum absolute atomic E-state index is 0. The van der Waals surface area contributed by atoms with Crippen molar-refractivity contribution >= 4 is 18.2 Å². The van der Waals surface area contributed by atoms with E-state index in [0.717, 1.165) is 0 Å². The van der Waals surface area contributed by atoms with Crippen LogP contribution in [0.2, 0.25) is 0 Å². The molecule has 0 aliphatic heterocycles. The van der Waals surface area contributed by atoms with Crippen LogP contribution in [0.15, 0.2) is 0 Å². The standard InChI is InChI=1S/3CNO.3Na/c3*2-1-3;;;/q3*-1;3*+1. The first-order valence-electron chi connectivity index (χ1n) is 1.28. The van der Waals surface area contributed by atoms with Gasteiger partial charge >= 0.3 is 88.7 Å². The molecule has 0 radical (unpaired) electrons. The number of hydrogen-bond acceptors (Lipinski definition) is 3. The SMILES string of the molecule is [N-]=C=O.[N-]=C=O.[N-]=C=O.[Na+].[Na+].[Na+]. The maximum absolute atomic E-state index is 8.24. The fourth-order valence-electron chi connectivity index (χ4n) is 0. The second kappa shape index (κ2) is 87.9. The third kappa shape index (κ3) is 881. The zero-order valence-electron chi connectivity index (χ0n) is 7.07. The fourth-order valence-corrected chi connectivity index (χ4v) is 0. The first-order chi connectivity index (χ1) is 4.24. The van der Waals surface area contributed by atoms with Crippen molar-refractivity contribution in [3.8, 4) is 0 Å². The monoisotopic (exact) mass is 195 g/mol.